The van der Waals surface area contributed by atoms with E-state index in [2.05, 4.69) is 6.58 Å². The van der Waals surface area contributed by atoms with E-state index < -0.39 is 17.5 Å². The molecule has 0 heterocycles. The highest BCUT2D eigenvalue weighted by atomic mass is 16.5. The number of hydrogen-bond acceptors (Lipinski definition) is 3. The van der Waals surface area contributed by atoms with Crippen molar-refractivity contribution in [2.24, 2.45) is 5.92 Å². The van der Waals surface area contributed by atoms with Crippen LogP contribution in [0.5, 0.6) is 0 Å². The fourth-order valence-electron chi connectivity index (χ4n) is 1.74. The van der Waals surface area contributed by atoms with Gasteiger partial charge >= 0.3 is 5.97 Å². The van der Waals surface area contributed by atoms with E-state index in [4.69, 9.17) is 4.74 Å². The third-order valence-electron chi connectivity index (χ3n) is 2.74. The number of benzene rings is 1. The molecule has 2 unspecified atom stereocenters. The number of aliphatic hydroxyl groups is 1. The van der Waals surface area contributed by atoms with Crippen molar-refractivity contribution in [3.63, 3.8) is 0 Å². The molecule has 1 N–H and O–H groups in total. The maximum Gasteiger partial charge on any atom is 0.316 e. The smallest absolute Gasteiger partial charge is 0.316 e. The highest BCUT2D eigenvalue weighted by molar-refractivity contribution is 5.76. The Balaban J connectivity index is 3.02. The molecule has 0 amide bonds. The first kappa shape index (κ1) is 13.5. The highest BCUT2D eigenvalue weighted by Crippen LogP contribution is 2.30. The average molecular weight is 234 g/mol. The van der Waals surface area contributed by atoms with E-state index in [1.165, 1.54) is 6.08 Å². The molecular formula is C14H18O3. The lowest BCUT2D eigenvalue weighted by Gasteiger charge is -2.29. The topological polar surface area (TPSA) is 46.5 Å². The largest absolute Gasteiger partial charge is 0.465 e. The summed E-state index contributed by atoms with van der Waals surface area (Å²) in [4.78, 5) is 11.7. The van der Waals surface area contributed by atoms with E-state index in [-0.39, 0.29) is 6.61 Å². The minimum Gasteiger partial charge on any atom is -0.465 e. The molecule has 3 heteroatoms. The van der Waals surface area contributed by atoms with Crippen LogP contribution in [0.2, 0.25) is 0 Å². The van der Waals surface area contributed by atoms with Crippen LogP contribution in [0.3, 0.4) is 0 Å². The summed E-state index contributed by atoms with van der Waals surface area (Å²) in [5.41, 5.74) is -0.645. The quantitative estimate of drug-likeness (QED) is 0.628. The van der Waals surface area contributed by atoms with Gasteiger partial charge in [-0.3, -0.25) is 4.79 Å². The summed E-state index contributed by atoms with van der Waals surface area (Å²) in [6.45, 7) is 7.20. The Morgan fingerprint density at radius 1 is 1.53 bits per heavy atom. The molecule has 1 rings (SSSR count). The lowest BCUT2D eigenvalue weighted by Crippen LogP contribution is -2.37. The zero-order chi connectivity index (χ0) is 12.9. The predicted molar refractivity (Wildman–Crippen MR) is 66.3 cm³/mol. The average Bonchev–Trinajstić information content (AvgIpc) is 2.31. The summed E-state index contributed by atoms with van der Waals surface area (Å²) < 4.78 is 4.93. The van der Waals surface area contributed by atoms with E-state index in [1.54, 1.807) is 26.0 Å². The summed E-state index contributed by atoms with van der Waals surface area (Å²) in [7, 11) is 0. The summed E-state index contributed by atoms with van der Waals surface area (Å²) in [5.74, 6) is -1.23. The zero-order valence-electron chi connectivity index (χ0n) is 10.2. The molecule has 0 saturated carbocycles. The molecule has 0 bridgehead atoms. The lowest BCUT2D eigenvalue weighted by atomic mass is 9.83. The van der Waals surface area contributed by atoms with Gasteiger partial charge in [-0.25, -0.2) is 0 Å². The van der Waals surface area contributed by atoms with E-state index in [9.17, 15) is 9.90 Å². The minimum atomic E-state index is -1.31. The van der Waals surface area contributed by atoms with Crippen LogP contribution in [0, 0.1) is 5.92 Å². The fraction of sp³-hybridized carbons (Fsp3) is 0.357. The van der Waals surface area contributed by atoms with Crippen molar-refractivity contribution in [3.05, 3.63) is 48.6 Å². The van der Waals surface area contributed by atoms with Crippen LogP contribution in [-0.4, -0.2) is 17.7 Å². The first-order valence-corrected chi connectivity index (χ1v) is 5.61. The van der Waals surface area contributed by atoms with Crippen LogP contribution >= 0.6 is 0 Å². The Kier molecular flexibility index (Phi) is 4.46. The summed E-state index contributed by atoms with van der Waals surface area (Å²) in [6.07, 6.45) is 1.42. The van der Waals surface area contributed by atoms with Crippen LogP contribution in [0.15, 0.2) is 43.0 Å². The third kappa shape index (κ3) is 2.94. The van der Waals surface area contributed by atoms with Crippen LogP contribution in [0.1, 0.15) is 19.4 Å². The fourth-order valence-corrected chi connectivity index (χ4v) is 1.74. The van der Waals surface area contributed by atoms with Crippen molar-refractivity contribution >= 4 is 5.97 Å². The maximum atomic E-state index is 11.7. The van der Waals surface area contributed by atoms with Gasteiger partial charge in [0.2, 0.25) is 0 Å². The molecule has 0 aliphatic rings. The third-order valence-corrected chi connectivity index (χ3v) is 2.74. The van der Waals surface area contributed by atoms with E-state index >= 15 is 0 Å². The number of rotatable bonds is 5. The molecular weight excluding hydrogens is 216 g/mol. The summed E-state index contributed by atoms with van der Waals surface area (Å²) in [6, 6.07) is 9.03. The maximum absolute atomic E-state index is 11.7. The van der Waals surface area contributed by atoms with Gasteiger partial charge < -0.3 is 9.84 Å². The van der Waals surface area contributed by atoms with Gasteiger partial charge in [-0.05, 0) is 19.4 Å². The van der Waals surface area contributed by atoms with Gasteiger partial charge in [-0.1, -0.05) is 36.4 Å². The molecule has 0 aliphatic carbocycles. The number of carbonyl (C=O) groups excluding carboxylic acids is 1. The Morgan fingerprint density at radius 3 is 2.59 bits per heavy atom. The van der Waals surface area contributed by atoms with Crippen LogP contribution in [0.25, 0.3) is 0 Å². The molecule has 1 aromatic carbocycles. The highest BCUT2D eigenvalue weighted by Gasteiger charge is 2.37. The van der Waals surface area contributed by atoms with Crippen LogP contribution in [-0.2, 0) is 15.1 Å². The minimum absolute atomic E-state index is 0.286. The summed E-state index contributed by atoms with van der Waals surface area (Å²) >= 11 is 0. The van der Waals surface area contributed by atoms with Gasteiger partial charge in [-0.15, -0.1) is 6.58 Å². The van der Waals surface area contributed by atoms with Gasteiger partial charge in [-0.2, -0.15) is 0 Å². The van der Waals surface area contributed by atoms with Gasteiger partial charge in [0.05, 0.1) is 6.61 Å². The standard InChI is InChI=1S/C14H18O3/c1-4-12(13(15)17-5-2)14(3,16)11-9-7-6-8-10-11/h4,6-10,12,16H,1,5H2,2-3H3. The second-order valence-electron chi connectivity index (χ2n) is 3.98. The van der Waals surface area contributed by atoms with Gasteiger partial charge in [0.1, 0.15) is 11.5 Å². The molecule has 2 atom stereocenters. The first-order chi connectivity index (χ1) is 8.04. The molecule has 3 nitrogen and oxygen atoms in total. The molecule has 0 aromatic heterocycles. The van der Waals surface area contributed by atoms with Gasteiger partial charge in [0, 0.05) is 0 Å². The molecule has 0 aliphatic heterocycles. The Labute approximate surface area is 102 Å². The molecule has 92 valence electrons. The predicted octanol–water partition coefficient (Wildman–Crippen LogP) is 2.26. The molecule has 0 spiro atoms. The van der Waals surface area contributed by atoms with E-state index in [0.29, 0.717) is 5.56 Å². The second kappa shape index (κ2) is 5.64. The van der Waals surface area contributed by atoms with Crippen molar-refractivity contribution in [2.45, 2.75) is 19.4 Å². The van der Waals surface area contributed by atoms with Crippen molar-refractivity contribution in [1.29, 1.82) is 0 Å². The molecule has 0 saturated heterocycles. The van der Waals surface area contributed by atoms with E-state index in [1.807, 2.05) is 18.2 Å². The Morgan fingerprint density at radius 2 is 2.12 bits per heavy atom. The number of carbonyl (C=O) groups is 1. The van der Waals surface area contributed by atoms with Crippen LogP contribution in [0.4, 0.5) is 0 Å². The van der Waals surface area contributed by atoms with Crippen molar-refractivity contribution in [3.8, 4) is 0 Å². The molecule has 1 aromatic rings. The van der Waals surface area contributed by atoms with Crippen molar-refractivity contribution < 1.29 is 14.6 Å². The van der Waals surface area contributed by atoms with Crippen molar-refractivity contribution in [2.75, 3.05) is 6.61 Å². The molecule has 0 radical (unpaired) electrons. The summed E-state index contributed by atoms with van der Waals surface area (Å²) in [5, 5.41) is 10.5. The monoisotopic (exact) mass is 234 g/mol. The normalized spacial score (nSPS) is 15.7. The van der Waals surface area contributed by atoms with E-state index in [0.717, 1.165) is 0 Å². The number of esters is 1. The van der Waals surface area contributed by atoms with Gasteiger partial charge in [0.25, 0.3) is 0 Å². The van der Waals surface area contributed by atoms with Crippen LogP contribution < -0.4 is 0 Å². The second-order valence-corrected chi connectivity index (χ2v) is 3.98. The Hall–Kier alpha value is -1.61. The first-order valence-electron chi connectivity index (χ1n) is 5.61. The van der Waals surface area contributed by atoms with Crippen molar-refractivity contribution in [1.82, 2.24) is 0 Å². The molecule has 17 heavy (non-hydrogen) atoms. The zero-order valence-corrected chi connectivity index (χ0v) is 10.2. The molecule has 0 fully saturated rings. The SMILES string of the molecule is C=CC(C(=O)OCC)C(C)(O)c1ccccc1. The number of hydrogen-bond donors (Lipinski definition) is 1. The Bertz CT molecular complexity index is 382. The number of ether oxygens (including phenoxy) is 1. The lowest BCUT2D eigenvalue weighted by molar-refractivity contribution is -0.154. The van der Waals surface area contributed by atoms with Gasteiger partial charge in [0.15, 0.2) is 0 Å².